The SMILES string of the molecule is CC(C)NC(=O)NCC1CCSC1. The Kier molecular flexibility index (Phi) is 4.42. The predicted octanol–water partition coefficient (Wildman–Crippen LogP) is 1.45. The summed E-state index contributed by atoms with van der Waals surface area (Å²) in [4.78, 5) is 11.2. The average molecular weight is 202 g/mol. The smallest absolute Gasteiger partial charge is 0.314 e. The van der Waals surface area contributed by atoms with E-state index in [0.717, 1.165) is 6.54 Å². The number of hydrogen-bond acceptors (Lipinski definition) is 2. The summed E-state index contributed by atoms with van der Waals surface area (Å²) in [5, 5.41) is 5.70. The van der Waals surface area contributed by atoms with Crippen LogP contribution in [0.4, 0.5) is 4.79 Å². The highest BCUT2D eigenvalue weighted by Gasteiger charge is 2.15. The molecule has 0 radical (unpaired) electrons. The third-order valence-electron chi connectivity index (χ3n) is 2.00. The van der Waals surface area contributed by atoms with Gasteiger partial charge in [-0.3, -0.25) is 0 Å². The molecule has 13 heavy (non-hydrogen) atoms. The van der Waals surface area contributed by atoms with Crippen LogP contribution in [0.25, 0.3) is 0 Å². The largest absolute Gasteiger partial charge is 0.338 e. The van der Waals surface area contributed by atoms with Crippen molar-refractivity contribution in [3.63, 3.8) is 0 Å². The Bertz CT molecular complexity index is 167. The van der Waals surface area contributed by atoms with Crippen LogP contribution < -0.4 is 10.6 Å². The van der Waals surface area contributed by atoms with E-state index < -0.39 is 0 Å². The summed E-state index contributed by atoms with van der Waals surface area (Å²) < 4.78 is 0. The second-order valence-electron chi connectivity index (χ2n) is 3.74. The van der Waals surface area contributed by atoms with Crippen molar-refractivity contribution in [3.8, 4) is 0 Å². The highest BCUT2D eigenvalue weighted by Crippen LogP contribution is 2.22. The zero-order valence-electron chi connectivity index (χ0n) is 8.30. The minimum atomic E-state index is -0.0353. The zero-order chi connectivity index (χ0) is 9.68. The molecule has 1 saturated heterocycles. The van der Waals surface area contributed by atoms with E-state index in [2.05, 4.69) is 10.6 Å². The molecule has 0 aromatic carbocycles. The number of carbonyl (C=O) groups is 1. The molecule has 1 atom stereocenters. The van der Waals surface area contributed by atoms with E-state index in [1.54, 1.807) is 0 Å². The fraction of sp³-hybridized carbons (Fsp3) is 0.889. The van der Waals surface area contributed by atoms with E-state index in [1.165, 1.54) is 17.9 Å². The van der Waals surface area contributed by atoms with Crippen molar-refractivity contribution < 1.29 is 4.79 Å². The quantitative estimate of drug-likeness (QED) is 0.727. The Morgan fingerprint density at radius 1 is 1.62 bits per heavy atom. The number of carbonyl (C=O) groups excluding carboxylic acids is 1. The lowest BCUT2D eigenvalue weighted by atomic mass is 10.1. The highest BCUT2D eigenvalue weighted by atomic mass is 32.2. The molecule has 0 bridgehead atoms. The first-order chi connectivity index (χ1) is 6.18. The molecule has 3 nitrogen and oxygen atoms in total. The average Bonchev–Trinajstić information content (AvgIpc) is 2.51. The lowest BCUT2D eigenvalue weighted by Crippen LogP contribution is -2.41. The number of hydrogen-bond donors (Lipinski definition) is 2. The molecular weight excluding hydrogens is 184 g/mol. The van der Waals surface area contributed by atoms with E-state index in [4.69, 9.17) is 0 Å². The van der Waals surface area contributed by atoms with Crippen LogP contribution in [0.2, 0.25) is 0 Å². The minimum absolute atomic E-state index is 0.0353. The fourth-order valence-corrected chi connectivity index (χ4v) is 2.58. The summed E-state index contributed by atoms with van der Waals surface area (Å²) in [6.07, 6.45) is 1.24. The van der Waals surface area contributed by atoms with Gasteiger partial charge in [0.2, 0.25) is 0 Å². The first-order valence-corrected chi connectivity index (χ1v) is 5.96. The third kappa shape index (κ3) is 4.41. The molecule has 0 spiro atoms. The molecule has 0 aromatic rings. The molecule has 4 heteroatoms. The van der Waals surface area contributed by atoms with Crippen molar-refractivity contribution in [3.05, 3.63) is 0 Å². The van der Waals surface area contributed by atoms with Crippen LogP contribution in [-0.2, 0) is 0 Å². The Labute approximate surface area is 84.0 Å². The molecule has 1 fully saturated rings. The van der Waals surface area contributed by atoms with Gasteiger partial charge in [-0.25, -0.2) is 4.79 Å². The number of nitrogens with one attached hydrogen (secondary N) is 2. The Morgan fingerprint density at radius 3 is 2.92 bits per heavy atom. The fourth-order valence-electron chi connectivity index (χ4n) is 1.29. The Balaban J connectivity index is 2.07. The van der Waals surface area contributed by atoms with Gasteiger partial charge in [0.15, 0.2) is 0 Å². The van der Waals surface area contributed by atoms with Gasteiger partial charge >= 0.3 is 6.03 Å². The molecule has 0 aliphatic carbocycles. The number of urea groups is 1. The molecule has 1 aliphatic rings. The monoisotopic (exact) mass is 202 g/mol. The molecule has 0 saturated carbocycles. The van der Waals surface area contributed by atoms with Gasteiger partial charge in [-0.2, -0.15) is 11.8 Å². The van der Waals surface area contributed by atoms with Crippen molar-refractivity contribution >= 4 is 17.8 Å². The van der Waals surface area contributed by atoms with Crippen LogP contribution >= 0.6 is 11.8 Å². The van der Waals surface area contributed by atoms with Crippen molar-refractivity contribution in [2.75, 3.05) is 18.1 Å². The Hall–Kier alpha value is -0.380. The first kappa shape index (κ1) is 10.7. The maximum Gasteiger partial charge on any atom is 0.314 e. The van der Waals surface area contributed by atoms with Gasteiger partial charge in [0.05, 0.1) is 0 Å². The third-order valence-corrected chi connectivity index (χ3v) is 3.23. The van der Waals surface area contributed by atoms with E-state index in [1.807, 2.05) is 25.6 Å². The van der Waals surface area contributed by atoms with Crippen LogP contribution in [0.3, 0.4) is 0 Å². The maximum atomic E-state index is 11.2. The van der Waals surface area contributed by atoms with Gasteiger partial charge in [-0.05, 0) is 37.7 Å². The van der Waals surface area contributed by atoms with Gasteiger partial charge in [0.25, 0.3) is 0 Å². The molecular formula is C9H18N2OS. The molecule has 1 unspecified atom stereocenters. The summed E-state index contributed by atoms with van der Waals surface area (Å²) >= 11 is 1.98. The number of rotatable bonds is 3. The Morgan fingerprint density at radius 2 is 2.38 bits per heavy atom. The summed E-state index contributed by atoms with van der Waals surface area (Å²) in [5.41, 5.74) is 0. The second-order valence-corrected chi connectivity index (χ2v) is 4.89. The van der Waals surface area contributed by atoms with Gasteiger partial charge in [-0.15, -0.1) is 0 Å². The van der Waals surface area contributed by atoms with E-state index in [0.29, 0.717) is 5.92 Å². The molecule has 76 valence electrons. The van der Waals surface area contributed by atoms with Gasteiger partial charge in [0, 0.05) is 12.6 Å². The summed E-state index contributed by atoms with van der Waals surface area (Å²) in [7, 11) is 0. The van der Waals surface area contributed by atoms with Crippen molar-refractivity contribution in [2.45, 2.75) is 26.3 Å². The van der Waals surface area contributed by atoms with E-state index in [-0.39, 0.29) is 12.1 Å². The standard InChI is InChI=1S/C9H18N2OS/c1-7(2)11-9(12)10-5-8-3-4-13-6-8/h7-8H,3-6H2,1-2H3,(H2,10,11,12). The first-order valence-electron chi connectivity index (χ1n) is 4.80. The van der Waals surface area contributed by atoms with Crippen LogP contribution in [0.1, 0.15) is 20.3 Å². The van der Waals surface area contributed by atoms with Crippen LogP contribution in [0.15, 0.2) is 0 Å². The summed E-state index contributed by atoms with van der Waals surface area (Å²) in [5.74, 6) is 3.13. The molecule has 2 amide bonds. The van der Waals surface area contributed by atoms with Crippen LogP contribution in [0.5, 0.6) is 0 Å². The van der Waals surface area contributed by atoms with Gasteiger partial charge in [0.1, 0.15) is 0 Å². The number of amides is 2. The molecule has 1 heterocycles. The lowest BCUT2D eigenvalue weighted by molar-refractivity contribution is 0.237. The zero-order valence-corrected chi connectivity index (χ0v) is 9.12. The highest BCUT2D eigenvalue weighted by molar-refractivity contribution is 7.99. The van der Waals surface area contributed by atoms with Crippen LogP contribution in [0, 0.1) is 5.92 Å². The van der Waals surface area contributed by atoms with Crippen molar-refractivity contribution in [1.82, 2.24) is 10.6 Å². The normalized spacial score (nSPS) is 21.9. The van der Waals surface area contributed by atoms with Gasteiger partial charge < -0.3 is 10.6 Å². The summed E-state index contributed by atoms with van der Waals surface area (Å²) in [6.45, 7) is 4.75. The molecule has 0 aromatic heterocycles. The van der Waals surface area contributed by atoms with Gasteiger partial charge in [-0.1, -0.05) is 0 Å². The number of thioether (sulfide) groups is 1. The predicted molar refractivity (Wildman–Crippen MR) is 57.1 cm³/mol. The molecule has 2 N–H and O–H groups in total. The lowest BCUT2D eigenvalue weighted by Gasteiger charge is -2.12. The van der Waals surface area contributed by atoms with E-state index >= 15 is 0 Å². The minimum Gasteiger partial charge on any atom is -0.338 e. The topological polar surface area (TPSA) is 41.1 Å². The maximum absolute atomic E-state index is 11.2. The molecule has 1 rings (SSSR count). The van der Waals surface area contributed by atoms with E-state index in [9.17, 15) is 4.79 Å². The van der Waals surface area contributed by atoms with Crippen LogP contribution in [-0.4, -0.2) is 30.1 Å². The van der Waals surface area contributed by atoms with Crippen molar-refractivity contribution in [2.24, 2.45) is 5.92 Å². The molecule has 1 aliphatic heterocycles. The second kappa shape index (κ2) is 5.37. The van der Waals surface area contributed by atoms with Crippen molar-refractivity contribution in [1.29, 1.82) is 0 Å². The summed E-state index contributed by atoms with van der Waals surface area (Å²) in [6, 6.07) is 0.185.